The van der Waals surface area contributed by atoms with Gasteiger partial charge in [-0.2, -0.15) is 0 Å². The number of amides is 1. The van der Waals surface area contributed by atoms with Gasteiger partial charge >= 0.3 is 0 Å². The summed E-state index contributed by atoms with van der Waals surface area (Å²) in [5, 5.41) is 3.73. The summed E-state index contributed by atoms with van der Waals surface area (Å²) in [6.45, 7) is 2.25. The molecule has 0 bridgehead atoms. The number of hydrogen-bond acceptors (Lipinski definition) is 5. The highest BCUT2D eigenvalue weighted by Crippen LogP contribution is 2.27. The Hall–Kier alpha value is -2.73. The number of aromatic nitrogens is 2. The Kier molecular flexibility index (Phi) is 4.86. The molecule has 3 aromatic rings. The Bertz CT molecular complexity index is 846. The summed E-state index contributed by atoms with van der Waals surface area (Å²) >= 11 is 1.37. The van der Waals surface area contributed by atoms with Gasteiger partial charge in [0.15, 0.2) is 0 Å². The fraction of sp³-hybridized carbons (Fsp3) is 0.167. The number of pyridine rings is 1. The number of nitrogens with one attached hydrogen (secondary N) is 1. The lowest BCUT2D eigenvalue weighted by molar-refractivity contribution is 0.0954. The van der Waals surface area contributed by atoms with Gasteiger partial charge in [0.25, 0.3) is 5.91 Å². The number of ether oxygens (including phenoxy) is 1. The van der Waals surface area contributed by atoms with E-state index in [1.54, 1.807) is 19.5 Å². The van der Waals surface area contributed by atoms with Gasteiger partial charge in [0.05, 0.1) is 12.8 Å². The molecule has 1 N–H and O–H groups in total. The SMILES string of the molecule is COc1ccccc1CNC(=O)c1sc(-c2cccnc2)nc1C. The summed E-state index contributed by atoms with van der Waals surface area (Å²) in [5.41, 5.74) is 2.56. The van der Waals surface area contributed by atoms with Gasteiger partial charge in [-0.25, -0.2) is 4.98 Å². The molecule has 3 rings (SSSR count). The standard InChI is InChI=1S/C18H17N3O2S/c1-12-16(24-18(21-12)14-7-5-9-19-10-14)17(22)20-11-13-6-3-4-8-15(13)23-2/h3-10H,11H2,1-2H3,(H,20,22). The predicted molar refractivity (Wildman–Crippen MR) is 94.2 cm³/mol. The highest BCUT2D eigenvalue weighted by atomic mass is 32.1. The normalized spacial score (nSPS) is 10.4. The van der Waals surface area contributed by atoms with Gasteiger partial charge in [0.1, 0.15) is 15.6 Å². The molecular formula is C18H17N3O2S. The summed E-state index contributed by atoms with van der Waals surface area (Å²) in [6, 6.07) is 11.4. The number of rotatable bonds is 5. The van der Waals surface area contributed by atoms with Crippen LogP contribution in [0.4, 0.5) is 0 Å². The maximum absolute atomic E-state index is 12.5. The molecule has 6 heteroatoms. The van der Waals surface area contributed by atoms with Crippen molar-refractivity contribution in [1.29, 1.82) is 0 Å². The lowest BCUT2D eigenvalue weighted by Gasteiger charge is -2.09. The van der Waals surface area contributed by atoms with Crippen LogP contribution in [-0.4, -0.2) is 23.0 Å². The first-order valence-electron chi connectivity index (χ1n) is 7.47. The van der Waals surface area contributed by atoms with E-state index in [2.05, 4.69) is 15.3 Å². The number of para-hydroxylation sites is 1. The van der Waals surface area contributed by atoms with Crippen molar-refractivity contribution >= 4 is 17.2 Å². The van der Waals surface area contributed by atoms with E-state index in [0.717, 1.165) is 27.6 Å². The van der Waals surface area contributed by atoms with Crippen molar-refractivity contribution in [2.24, 2.45) is 0 Å². The van der Waals surface area contributed by atoms with E-state index < -0.39 is 0 Å². The second-order valence-corrected chi connectivity index (χ2v) is 6.17. The van der Waals surface area contributed by atoms with Gasteiger partial charge in [0, 0.05) is 30.1 Å². The van der Waals surface area contributed by atoms with Crippen molar-refractivity contribution in [3.8, 4) is 16.3 Å². The van der Waals surface area contributed by atoms with E-state index in [4.69, 9.17) is 4.74 Å². The Morgan fingerprint density at radius 1 is 1.25 bits per heavy atom. The molecule has 0 saturated carbocycles. The van der Waals surface area contributed by atoms with Gasteiger partial charge in [-0.3, -0.25) is 9.78 Å². The van der Waals surface area contributed by atoms with Crippen molar-refractivity contribution in [3.05, 3.63) is 64.9 Å². The molecule has 0 saturated heterocycles. The maximum Gasteiger partial charge on any atom is 0.263 e. The van der Waals surface area contributed by atoms with Crippen LogP contribution in [0.3, 0.4) is 0 Å². The molecule has 24 heavy (non-hydrogen) atoms. The Morgan fingerprint density at radius 2 is 2.08 bits per heavy atom. The molecule has 2 heterocycles. The summed E-state index contributed by atoms with van der Waals surface area (Å²) in [7, 11) is 1.62. The van der Waals surface area contributed by atoms with Crippen LogP contribution < -0.4 is 10.1 Å². The quantitative estimate of drug-likeness (QED) is 0.773. The number of carbonyl (C=O) groups excluding carboxylic acids is 1. The second-order valence-electron chi connectivity index (χ2n) is 5.17. The maximum atomic E-state index is 12.5. The topological polar surface area (TPSA) is 64.1 Å². The molecule has 122 valence electrons. The van der Waals surface area contributed by atoms with Crippen molar-refractivity contribution in [1.82, 2.24) is 15.3 Å². The first-order valence-corrected chi connectivity index (χ1v) is 8.28. The molecule has 0 aliphatic heterocycles. The fourth-order valence-corrected chi connectivity index (χ4v) is 3.30. The number of thiazole rings is 1. The van der Waals surface area contributed by atoms with Crippen LogP contribution in [0.15, 0.2) is 48.8 Å². The second kappa shape index (κ2) is 7.23. The van der Waals surface area contributed by atoms with Crippen LogP contribution in [0.1, 0.15) is 20.9 Å². The largest absolute Gasteiger partial charge is 0.496 e. The smallest absolute Gasteiger partial charge is 0.263 e. The molecule has 1 aromatic carbocycles. The summed E-state index contributed by atoms with van der Waals surface area (Å²) in [5.74, 6) is 0.626. The van der Waals surface area contributed by atoms with Crippen LogP contribution in [0.5, 0.6) is 5.75 Å². The molecular weight excluding hydrogens is 322 g/mol. The van der Waals surface area contributed by atoms with Gasteiger partial charge in [-0.15, -0.1) is 11.3 Å². The molecule has 0 radical (unpaired) electrons. The molecule has 2 aromatic heterocycles. The average Bonchev–Trinajstić information content (AvgIpc) is 3.02. The molecule has 1 amide bonds. The zero-order valence-electron chi connectivity index (χ0n) is 13.4. The molecule has 0 aliphatic rings. The first-order chi connectivity index (χ1) is 11.7. The first kappa shape index (κ1) is 16.1. The van der Waals surface area contributed by atoms with Crippen LogP contribution in [0.2, 0.25) is 0 Å². The van der Waals surface area contributed by atoms with Crippen molar-refractivity contribution in [2.75, 3.05) is 7.11 Å². The highest BCUT2D eigenvalue weighted by Gasteiger charge is 2.16. The average molecular weight is 339 g/mol. The predicted octanol–water partition coefficient (Wildman–Crippen LogP) is 3.45. The van der Waals surface area contributed by atoms with E-state index in [1.165, 1.54) is 11.3 Å². The summed E-state index contributed by atoms with van der Waals surface area (Å²) < 4.78 is 5.30. The minimum absolute atomic E-state index is 0.133. The number of nitrogens with zero attached hydrogens (tertiary/aromatic N) is 2. The molecule has 0 unspecified atom stereocenters. The Labute approximate surface area is 144 Å². The summed E-state index contributed by atoms with van der Waals surface area (Å²) in [4.78, 5) is 21.7. The monoisotopic (exact) mass is 339 g/mol. The molecule has 0 spiro atoms. The number of carbonyl (C=O) groups is 1. The highest BCUT2D eigenvalue weighted by molar-refractivity contribution is 7.17. The summed E-state index contributed by atoms with van der Waals surface area (Å²) in [6.07, 6.45) is 3.46. The lowest BCUT2D eigenvalue weighted by Crippen LogP contribution is -2.22. The number of aryl methyl sites for hydroxylation is 1. The van der Waals surface area contributed by atoms with Crippen molar-refractivity contribution < 1.29 is 9.53 Å². The van der Waals surface area contributed by atoms with Crippen LogP contribution in [0, 0.1) is 6.92 Å². The van der Waals surface area contributed by atoms with E-state index in [9.17, 15) is 4.79 Å². The van der Waals surface area contributed by atoms with Gasteiger partial charge in [-0.1, -0.05) is 18.2 Å². The lowest BCUT2D eigenvalue weighted by atomic mass is 10.2. The number of benzene rings is 1. The Balaban J connectivity index is 1.75. The van der Waals surface area contributed by atoms with E-state index in [0.29, 0.717) is 11.4 Å². The van der Waals surface area contributed by atoms with Crippen molar-refractivity contribution in [3.63, 3.8) is 0 Å². The molecule has 0 atom stereocenters. The van der Waals surface area contributed by atoms with Gasteiger partial charge in [0.2, 0.25) is 0 Å². The number of methoxy groups -OCH3 is 1. The molecule has 0 aliphatic carbocycles. The van der Waals surface area contributed by atoms with Crippen LogP contribution >= 0.6 is 11.3 Å². The van der Waals surface area contributed by atoms with Gasteiger partial charge in [-0.05, 0) is 25.1 Å². The minimum atomic E-state index is -0.133. The van der Waals surface area contributed by atoms with E-state index in [-0.39, 0.29) is 5.91 Å². The number of hydrogen-bond donors (Lipinski definition) is 1. The van der Waals surface area contributed by atoms with E-state index >= 15 is 0 Å². The zero-order chi connectivity index (χ0) is 16.9. The third-order valence-electron chi connectivity index (χ3n) is 3.54. The van der Waals surface area contributed by atoms with Crippen LogP contribution in [-0.2, 0) is 6.54 Å². The fourth-order valence-electron chi connectivity index (χ4n) is 2.32. The Morgan fingerprint density at radius 3 is 2.83 bits per heavy atom. The minimum Gasteiger partial charge on any atom is -0.496 e. The molecule has 0 fully saturated rings. The molecule has 5 nitrogen and oxygen atoms in total. The van der Waals surface area contributed by atoms with E-state index in [1.807, 2.05) is 43.3 Å². The third-order valence-corrected chi connectivity index (χ3v) is 4.75. The van der Waals surface area contributed by atoms with Crippen LogP contribution in [0.25, 0.3) is 10.6 Å². The van der Waals surface area contributed by atoms with Crippen molar-refractivity contribution in [2.45, 2.75) is 13.5 Å². The zero-order valence-corrected chi connectivity index (χ0v) is 14.3. The van der Waals surface area contributed by atoms with Gasteiger partial charge < -0.3 is 10.1 Å². The third kappa shape index (κ3) is 3.44.